The van der Waals surface area contributed by atoms with E-state index in [0.29, 0.717) is 30.2 Å². The summed E-state index contributed by atoms with van der Waals surface area (Å²) in [7, 11) is 1.87. The topological polar surface area (TPSA) is 92.6 Å². The molecule has 2 atom stereocenters. The summed E-state index contributed by atoms with van der Waals surface area (Å²) in [6.45, 7) is 8.70. The lowest BCUT2D eigenvalue weighted by atomic mass is 9.88. The van der Waals surface area contributed by atoms with Gasteiger partial charge in [-0.2, -0.15) is 0 Å². The fourth-order valence-electron chi connectivity index (χ4n) is 6.27. The molecule has 2 unspecified atom stereocenters. The number of benzene rings is 1. The fourth-order valence-corrected chi connectivity index (χ4v) is 6.27. The van der Waals surface area contributed by atoms with Crippen LogP contribution in [0.15, 0.2) is 42.6 Å². The van der Waals surface area contributed by atoms with Gasteiger partial charge in [0.25, 0.3) is 0 Å². The minimum atomic E-state index is -0.423. The average Bonchev–Trinajstić information content (AvgIpc) is 3.42. The van der Waals surface area contributed by atoms with Crippen LogP contribution in [0.4, 0.5) is 10.6 Å². The number of aromatic nitrogens is 3. The number of carbonyl (C=O) groups is 2. The number of anilines is 1. The molecule has 4 heterocycles. The van der Waals surface area contributed by atoms with Gasteiger partial charge in [-0.25, -0.2) is 14.8 Å². The summed E-state index contributed by atoms with van der Waals surface area (Å²) in [4.78, 5) is 37.6. The molecular weight excluding hydrogens is 504 g/mol. The Bertz CT molecular complexity index is 1430. The molecule has 3 aromatic rings. The van der Waals surface area contributed by atoms with Gasteiger partial charge >= 0.3 is 6.03 Å². The maximum atomic E-state index is 12.4. The molecule has 2 aliphatic heterocycles. The highest BCUT2D eigenvalue weighted by Gasteiger charge is 2.39. The number of carbonyl (C=O) groups excluding carboxylic acids is 2. The number of fused-ring (bicyclic) bond motifs is 1. The predicted molar refractivity (Wildman–Crippen MR) is 153 cm³/mol. The zero-order valence-electron chi connectivity index (χ0n) is 23.8. The maximum Gasteiger partial charge on any atom is 0.329 e. The van der Waals surface area contributed by atoms with Crippen molar-refractivity contribution >= 4 is 17.8 Å². The lowest BCUT2D eigenvalue weighted by Crippen LogP contribution is -2.50. The predicted octanol–water partition coefficient (Wildman–Crippen LogP) is 5.14. The smallest absolute Gasteiger partial charge is 0.329 e. The molecule has 1 aromatic carbocycles. The second kappa shape index (κ2) is 10.4. The average molecular weight is 543 g/mol. The van der Waals surface area contributed by atoms with Crippen LogP contribution in [-0.2, 0) is 30.5 Å². The normalized spacial score (nSPS) is 22.8. The van der Waals surface area contributed by atoms with Gasteiger partial charge in [0, 0.05) is 33.1 Å². The highest BCUT2D eigenvalue weighted by atomic mass is 16.5. The third-order valence-corrected chi connectivity index (χ3v) is 8.85. The Labute approximate surface area is 235 Å². The van der Waals surface area contributed by atoms with Crippen LogP contribution in [-0.4, -0.2) is 44.0 Å². The molecule has 1 aliphatic carbocycles. The lowest BCUT2D eigenvalue weighted by molar-refractivity contribution is -0.120. The number of hydrogen-bond acceptors (Lipinski definition) is 6. The van der Waals surface area contributed by atoms with Crippen LogP contribution < -0.4 is 15.0 Å². The molecule has 9 nitrogen and oxygen atoms in total. The van der Waals surface area contributed by atoms with Crippen molar-refractivity contribution in [2.24, 2.45) is 13.0 Å². The number of hydrogen-bond donors (Lipinski definition) is 1. The molecule has 9 heteroatoms. The zero-order chi connectivity index (χ0) is 28.0. The van der Waals surface area contributed by atoms with Crippen LogP contribution in [0, 0.1) is 5.92 Å². The third-order valence-electron chi connectivity index (χ3n) is 8.85. The van der Waals surface area contributed by atoms with Crippen LogP contribution in [0.25, 0.3) is 11.5 Å². The Morgan fingerprint density at radius 2 is 1.85 bits per heavy atom. The van der Waals surface area contributed by atoms with Gasteiger partial charge in [-0.1, -0.05) is 31.5 Å². The number of amides is 3. The molecule has 3 amide bonds. The van der Waals surface area contributed by atoms with E-state index in [9.17, 15) is 9.59 Å². The number of pyridine rings is 1. The van der Waals surface area contributed by atoms with Gasteiger partial charge < -0.3 is 9.30 Å². The number of rotatable bonds is 6. The van der Waals surface area contributed by atoms with Crippen molar-refractivity contribution in [3.05, 3.63) is 59.4 Å². The molecular formula is C31H38N6O3. The largest absolute Gasteiger partial charge is 0.490 e. The minimum Gasteiger partial charge on any atom is -0.490 e. The van der Waals surface area contributed by atoms with Gasteiger partial charge in [-0.05, 0) is 68.4 Å². The van der Waals surface area contributed by atoms with Crippen LogP contribution in [0.3, 0.4) is 0 Å². The highest BCUT2D eigenvalue weighted by molar-refractivity contribution is 6.05. The molecule has 1 N–H and O–H groups in total. The van der Waals surface area contributed by atoms with Gasteiger partial charge in [0.2, 0.25) is 5.91 Å². The number of ether oxygens (including phenoxy) is 1. The first-order chi connectivity index (χ1) is 19.2. The molecule has 210 valence electrons. The Hall–Kier alpha value is -3.72. The summed E-state index contributed by atoms with van der Waals surface area (Å²) in [5, 5.41) is 2.38. The van der Waals surface area contributed by atoms with Crippen molar-refractivity contribution in [2.45, 2.75) is 77.6 Å². The summed E-state index contributed by atoms with van der Waals surface area (Å²) < 4.78 is 8.19. The van der Waals surface area contributed by atoms with Gasteiger partial charge in [-0.15, -0.1) is 0 Å². The van der Waals surface area contributed by atoms with Crippen molar-refractivity contribution in [1.29, 1.82) is 0 Å². The molecule has 0 spiro atoms. The molecule has 6 rings (SSSR count). The summed E-state index contributed by atoms with van der Waals surface area (Å²) >= 11 is 0. The Morgan fingerprint density at radius 1 is 1.07 bits per heavy atom. The Balaban J connectivity index is 1.17. The first-order valence-corrected chi connectivity index (χ1v) is 14.3. The highest BCUT2D eigenvalue weighted by Crippen LogP contribution is 2.40. The summed E-state index contributed by atoms with van der Waals surface area (Å²) in [6, 6.07) is 12.3. The van der Waals surface area contributed by atoms with E-state index < -0.39 is 6.03 Å². The van der Waals surface area contributed by atoms with Crippen LogP contribution in [0.2, 0.25) is 0 Å². The van der Waals surface area contributed by atoms with Crippen molar-refractivity contribution in [1.82, 2.24) is 24.8 Å². The van der Waals surface area contributed by atoms with Gasteiger partial charge in [0.15, 0.2) is 5.82 Å². The van der Waals surface area contributed by atoms with Crippen LogP contribution in [0.1, 0.15) is 69.7 Å². The number of nitrogens with zero attached hydrogens (tertiary/aromatic N) is 5. The van der Waals surface area contributed by atoms with Gasteiger partial charge in [0.05, 0.1) is 17.4 Å². The van der Waals surface area contributed by atoms with E-state index >= 15 is 0 Å². The fraction of sp³-hybridized carbons (Fsp3) is 0.484. The van der Waals surface area contributed by atoms with Crippen LogP contribution >= 0.6 is 0 Å². The second-order valence-corrected chi connectivity index (χ2v) is 11.9. The standard InChI is InChI=1S/C31H38N6O3/c1-20-7-5-6-8-25(20)40-23-12-9-21(10-13-23)18-36-19-22-11-14-24(33-28(22)31(36,2)3)29-32-17-27(35(29)4)37-16-15-26(38)34-30(37)39/h9-14,17,20,25H,5-8,15-16,18-19H2,1-4H3,(H,34,38,39). The first-order valence-electron chi connectivity index (χ1n) is 14.3. The Morgan fingerprint density at radius 3 is 2.60 bits per heavy atom. The van der Waals surface area contributed by atoms with E-state index in [2.05, 4.69) is 66.3 Å². The maximum absolute atomic E-state index is 12.4. The Kier molecular flexibility index (Phi) is 6.86. The molecule has 2 aromatic heterocycles. The SMILES string of the molecule is CC1CCCCC1Oc1ccc(CN2Cc3ccc(-c4ncc(N5CCC(=O)NC5=O)n4C)nc3C2(C)C)cc1. The van der Waals surface area contributed by atoms with Crippen molar-refractivity contribution < 1.29 is 14.3 Å². The number of nitrogens with one attached hydrogen (secondary N) is 1. The second-order valence-electron chi connectivity index (χ2n) is 11.9. The van der Waals surface area contributed by atoms with E-state index in [-0.39, 0.29) is 17.9 Å². The van der Waals surface area contributed by atoms with Gasteiger partial charge in [0.1, 0.15) is 23.4 Å². The summed E-state index contributed by atoms with van der Waals surface area (Å²) in [5.74, 6) is 2.63. The molecule has 0 bridgehead atoms. The van der Waals surface area contributed by atoms with Crippen LogP contribution in [0.5, 0.6) is 5.75 Å². The molecule has 40 heavy (non-hydrogen) atoms. The zero-order valence-corrected chi connectivity index (χ0v) is 23.8. The molecule has 1 saturated carbocycles. The third kappa shape index (κ3) is 4.87. The molecule has 2 fully saturated rings. The summed E-state index contributed by atoms with van der Waals surface area (Å²) in [5.41, 5.74) is 4.00. The monoisotopic (exact) mass is 542 g/mol. The van der Waals surface area contributed by atoms with Crippen molar-refractivity contribution in [3.8, 4) is 17.3 Å². The van der Waals surface area contributed by atoms with Gasteiger partial charge in [-0.3, -0.25) is 19.9 Å². The van der Waals surface area contributed by atoms with Crippen molar-refractivity contribution in [3.63, 3.8) is 0 Å². The minimum absolute atomic E-state index is 0.255. The number of urea groups is 1. The number of imide groups is 1. The molecule has 1 saturated heterocycles. The van der Waals surface area contributed by atoms with E-state index in [1.54, 1.807) is 11.1 Å². The summed E-state index contributed by atoms with van der Waals surface area (Å²) in [6.07, 6.45) is 7.22. The molecule has 0 radical (unpaired) electrons. The molecule has 3 aliphatic rings. The van der Waals surface area contributed by atoms with Crippen molar-refractivity contribution in [2.75, 3.05) is 11.4 Å². The first kappa shape index (κ1) is 26.5. The quantitative estimate of drug-likeness (QED) is 0.464. The lowest BCUT2D eigenvalue weighted by Gasteiger charge is -2.32. The van der Waals surface area contributed by atoms with E-state index in [1.165, 1.54) is 30.4 Å². The number of imidazole rings is 1. The van der Waals surface area contributed by atoms with E-state index in [1.807, 2.05) is 17.7 Å². The van der Waals surface area contributed by atoms with E-state index in [0.717, 1.165) is 36.6 Å². The van der Waals surface area contributed by atoms with E-state index in [4.69, 9.17) is 9.72 Å².